The SMILES string of the molecule is CCc1nccn1CCC(=O)N1C[C@@H]2NC(=O)CN(C(=O)c3cc4ccccc4cn3)CCCOc3cc(ccc3OC)[C@H]2C1.O=CO. The second kappa shape index (κ2) is 15.9. The molecule has 0 unspecified atom stereocenters. The number of nitrogens with zero attached hydrogens (tertiary/aromatic N) is 5. The van der Waals surface area contributed by atoms with Crippen LogP contribution in [0.15, 0.2) is 67.1 Å². The van der Waals surface area contributed by atoms with Crippen LogP contribution in [-0.2, 0) is 27.3 Å². The molecule has 3 amide bonds. The van der Waals surface area contributed by atoms with Crippen LogP contribution in [0.4, 0.5) is 0 Å². The van der Waals surface area contributed by atoms with Crippen LogP contribution in [0.25, 0.3) is 10.8 Å². The van der Waals surface area contributed by atoms with Crippen molar-refractivity contribution in [2.24, 2.45) is 0 Å². The Morgan fingerprint density at radius 3 is 2.67 bits per heavy atom. The molecular weight excluding hydrogens is 616 g/mol. The molecular formula is C35H40N6O7. The maximum atomic E-state index is 13.7. The zero-order valence-electron chi connectivity index (χ0n) is 27.1. The van der Waals surface area contributed by atoms with Gasteiger partial charge in [-0.1, -0.05) is 37.3 Å². The van der Waals surface area contributed by atoms with Gasteiger partial charge in [-0.05, 0) is 35.6 Å². The van der Waals surface area contributed by atoms with E-state index < -0.39 is 0 Å². The highest BCUT2D eigenvalue weighted by molar-refractivity contribution is 5.98. The number of hydrogen-bond donors (Lipinski definition) is 2. The summed E-state index contributed by atoms with van der Waals surface area (Å²) in [5.74, 6) is 1.36. The fraction of sp³-hybridized carbons (Fsp3) is 0.371. The van der Waals surface area contributed by atoms with E-state index in [4.69, 9.17) is 19.4 Å². The first-order chi connectivity index (χ1) is 23.3. The highest BCUT2D eigenvalue weighted by atomic mass is 16.5. The molecule has 0 saturated carbocycles. The maximum absolute atomic E-state index is 13.7. The molecule has 2 bridgehead atoms. The third-order valence-electron chi connectivity index (χ3n) is 8.62. The van der Waals surface area contributed by atoms with Gasteiger partial charge in [0.1, 0.15) is 11.5 Å². The van der Waals surface area contributed by atoms with Crippen LogP contribution in [-0.4, -0.2) is 99.6 Å². The molecule has 2 aliphatic heterocycles. The van der Waals surface area contributed by atoms with Crippen LogP contribution in [0.2, 0.25) is 0 Å². The molecule has 13 nitrogen and oxygen atoms in total. The Bertz CT molecular complexity index is 1760. The first-order valence-corrected chi connectivity index (χ1v) is 15.9. The van der Waals surface area contributed by atoms with Crippen LogP contribution in [0, 0.1) is 0 Å². The third-order valence-corrected chi connectivity index (χ3v) is 8.62. The van der Waals surface area contributed by atoms with Gasteiger partial charge in [-0.15, -0.1) is 0 Å². The van der Waals surface area contributed by atoms with Gasteiger partial charge in [-0.2, -0.15) is 0 Å². The summed E-state index contributed by atoms with van der Waals surface area (Å²) in [5.41, 5.74) is 1.22. The molecule has 252 valence electrons. The van der Waals surface area contributed by atoms with E-state index >= 15 is 0 Å². The van der Waals surface area contributed by atoms with Gasteiger partial charge in [-0.25, -0.2) is 4.98 Å². The molecule has 48 heavy (non-hydrogen) atoms. The molecule has 1 saturated heterocycles. The number of carbonyl (C=O) groups excluding carboxylic acids is 3. The molecule has 2 atom stereocenters. The van der Waals surface area contributed by atoms with Gasteiger partial charge in [0.15, 0.2) is 11.5 Å². The normalized spacial score (nSPS) is 17.8. The van der Waals surface area contributed by atoms with Crippen molar-refractivity contribution in [1.82, 2.24) is 29.7 Å². The van der Waals surface area contributed by atoms with Crippen molar-refractivity contribution < 1.29 is 33.8 Å². The first kappa shape index (κ1) is 33.9. The predicted octanol–water partition coefficient (Wildman–Crippen LogP) is 3.13. The summed E-state index contributed by atoms with van der Waals surface area (Å²) < 4.78 is 13.7. The summed E-state index contributed by atoms with van der Waals surface area (Å²) >= 11 is 0. The number of carboxylic acid groups (broad SMARTS) is 1. The van der Waals surface area contributed by atoms with Gasteiger partial charge in [0, 0.05) is 68.9 Å². The monoisotopic (exact) mass is 656 g/mol. The lowest BCUT2D eigenvalue weighted by atomic mass is 9.94. The number of carbonyl (C=O) groups is 4. The van der Waals surface area contributed by atoms with Crippen molar-refractivity contribution in [2.45, 2.75) is 44.7 Å². The van der Waals surface area contributed by atoms with Crippen molar-refractivity contribution in [3.8, 4) is 11.5 Å². The fourth-order valence-corrected chi connectivity index (χ4v) is 6.24. The molecule has 4 aromatic rings. The van der Waals surface area contributed by atoms with E-state index in [0.29, 0.717) is 57.1 Å². The number of amides is 3. The number of imidazole rings is 1. The number of ether oxygens (including phenoxy) is 2. The van der Waals surface area contributed by atoms with Crippen LogP contribution < -0.4 is 14.8 Å². The molecule has 0 aliphatic carbocycles. The van der Waals surface area contributed by atoms with Crippen molar-refractivity contribution in [1.29, 1.82) is 0 Å². The number of hydrogen-bond acceptors (Lipinski definition) is 8. The van der Waals surface area contributed by atoms with E-state index in [1.165, 1.54) is 4.90 Å². The zero-order valence-corrected chi connectivity index (χ0v) is 27.1. The number of methoxy groups -OCH3 is 1. The van der Waals surface area contributed by atoms with Gasteiger partial charge in [0.05, 0.1) is 26.3 Å². The Labute approximate surface area is 278 Å². The minimum atomic E-state index is -0.348. The zero-order chi connectivity index (χ0) is 34.0. The summed E-state index contributed by atoms with van der Waals surface area (Å²) in [4.78, 5) is 61.1. The Morgan fingerprint density at radius 2 is 1.90 bits per heavy atom. The largest absolute Gasteiger partial charge is 0.493 e. The molecule has 2 N–H and O–H groups in total. The minimum absolute atomic E-state index is 0.0118. The number of fused-ring (bicyclic) bond motifs is 5. The quantitative estimate of drug-likeness (QED) is 0.298. The van der Waals surface area contributed by atoms with E-state index in [2.05, 4.69) is 15.3 Å². The van der Waals surface area contributed by atoms with E-state index in [-0.39, 0.29) is 48.4 Å². The molecule has 13 heteroatoms. The fourth-order valence-electron chi connectivity index (χ4n) is 6.24. The van der Waals surface area contributed by atoms with Gasteiger partial charge in [-0.3, -0.25) is 24.2 Å². The molecule has 4 heterocycles. The van der Waals surface area contributed by atoms with Crippen LogP contribution >= 0.6 is 0 Å². The number of benzene rings is 2. The minimum Gasteiger partial charge on any atom is -0.493 e. The summed E-state index contributed by atoms with van der Waals surface area (Å²) in [6.07, 6.45) is 6.95. The second-order valence-corrected chi connectivity index (χ2v) is 11.6. The average Bonchev–Trinajstić information content (AvgIpc) is 3.75. The number of likely N-dealkylation sites (tertiary alicyclic amines) is 1. The lowest BCUT2D eigenvalue weighted by Crippen LogP contribution is -2.47. The molecule has 2 aliphatic rings. The van der Waals surface area contributed by atoms with Crippen LogP contribution in [0.5, 0.6) is 11.5 Å². The topological polar surface area (TPSA) is 156 Å². The standard InChI is InChI=1S/C34H38N6O5.CH2O2/c1-3-31-35-12-15-38(31)14-11-33(42)40-20-26-24-9-10-29(44-2)30(18-24)45-16-6-13-39(22-32(41)37-28(26)21-40)34(43)27-17-23-7-4-5-8-25(23)19-36-27;2-1-3/h4-5,7-10,12,15,17-19,26,28H,3,6,11,13-14,16,20-22H2,1-2H3,(H,37,41);1H,(H,2,3)/t26-,28+;/m1./s1. The second-order valence-electron chi connectivity index (χ2n) is 11.6. The van der Waals surface area contributed by atoms with Crippen molar-refractivity contribution in [3.63, 3.8) is 0 Å². The number of aromatic nitrogens is 3. The summed E-state index contributed by atoms with van der Waals surface area (Å²) in [5, 5.41) is 11.9. The van der Waals surface area contributed by atoms with E-state index in [9.17, 15) is 14.4 Å². The average molecular weight is 657 g/mol. The lowest BCUT2D eigenvalue weighted by Gasteiger charge is -2.24. The number of aryl methyl sites for hydroxylation is 2. The van der Waals surface area contributed by atoms with E-state index in [1.807, 2.05) is 65.1 Å². The Balaban J connectivity index is 0.00000145. The van der Waals surface area contributed by atoms with Gasteiger partial charge >= 0.3 is 0 Å². The van der Waals surface area contributed by atoms with Gasteiger partial charge in [0.2, 0.25) is 11.8 Å². The van der Waals surface area contributed by atoms with Gasteiger partial charge < -0.3 is 34.3 Å². The number of pyridine rings is 1. The third kappa shape index (κ3) is 7.91. The summed E-state index contributed by atoms with van der Waals surface area (Å²) in [7, 11) is 1.59. The van der Waals surface area contributed by atoms with Crippen LogP contribution in [0.1, 0.15) is 47.6 Å². The number of nitrogens with one attached hydrogen (secondary N) is 1. The molecule has 0 radical (unpaired) electrons. The smallest absolute Gasteiger partial charge is 0.290 e. The van der Waals surface area contributed by atoms with Crippen molar-refractivity contribution in [2.75, 3.05) is 39.9 Å². The summed E-state index contributed by atoms with van der Waals surface area (Å²) in [6, 6.07) is 14.9. The van der Waals surface area contributed by atoms with Crippen molar-refractivity contribution >= 4 is 35.0 Å². The Morgan fingerprint density at radius 1 is 1.10 bits per heavy atom. The summed E-state index contributed by atoms with van der Waals surface area (Å²) in [6.45, 7) is 3.63. The van der Waals surface area contributed by atoms with E-state index in [1.54, 1.807) is 25.6 Å². The Kier molecular flexibility index (Phi) is 11.2. The van der Waals surface area contributed by atoms with Crippen LogP contribution in [0.3, 0.4) is 0 Å². The maximum Gasteiger partial charge on any atom is 0.290 e. The van der Waals surface area contributed by atoms with Gasteiger partial charge in [0.25, 0.3) is 12.4 Å². The Hall–Kier alpha value is -5.46. The lowest BCUT2D eigenvalue weighted by molar-refractivity contribution is -0.131. The highest BCUT2D eigenvalue weighted by Crippen LogP contribution is 2.35. The van der Waals surface area contributed by atoms with Crippen molar-refractivity contribution in [3.05, 3.63) is 84.2 Å². The predicted molar refractivity (Wildman–Crippen MR) is 177 cm³/mol. The molecule has 2 aromatic heterocycles. The molecule has 1 fully saturated rings. The molecule has 0 spiro atoms. The first-order valence-electron chi connectivity index (χ1n) is 15.9. The number of rotatable bonds is 6. The molecule has 6 rings (SSSR count). The molecule has 2 aromatic carbocycles. The van der Waals surface area contributed by atoms with E-state index in [0.717, 1.165) is 28.6 Å². The highest BCUT2D eigenvalue weighted by Gasteiger charge is 2.38.